The molecule has 3 nitrogen and oxygen atoms in total. The highest BCUT2D eigenvalue weighted by molar-refractivity contribution is 7.16. The zero-order chi connectivity index (χ0) is 11.7. The number of thiophene rings is 1. The highest BCUT2D eigenvalue weighted by atomic mass is 32.1. The zero-order valence-electron chi connectivity index (χ0n) is 9.79. The molecule has 4 heteroatoms. The molecule has 0 bridgehead atoms. The standard InChI is InChI=1S/C12H17N3S/c1-3-4-8-5-11-10(7-15(8)2)9(6-13)12(14)16-11/h8H,3-5,7,14H2,1-2H3/t8-/m1/s1. The van der Waals surface area contributed by atoms with E-state index in [-0.39, 0.29) is 0 Å². The monoisotopic (exact) mass is 235 g/mol. The normalized spacial score (nSPS) is 20.4. The molecular weight excluding hydrogens is 218 g/mol. The van der Waals surface area contributed by atoms with Crippen LogP contribution in [0.4, 0.5) is 5.00 Å². The number of likely N-dealkylation sites (N-methyl/N-ethyl adjacent to an activating group) is 1. The first-order valence-corrected chi connectivity index (χ1v) is 6.49. The Bertz CT molecular complexity index is 430. The molecule has 1 aliphatic rings. The zero-order valence-corrected chi connectivity index (χ0v) is 10.6. The maximum absolute atomic E-state index is 9.08. The van der Waals surface area contributed by atoms with Gasteiger partial charge in [-0.15, -0.1) is 11.3 Å². The van der Waals surface area contributed by atoms with Gasteiger partial charge in [-0.3, -0.25) is 4.90 Å². The number of hydrogen-bond donors (Lipinski definition) is 1. The lowest BCUT2D eigenvalue weighted by Crippen LogP contribution is -2.36. The maximum atomic E-state index is 9.08. The molecule has 0 amide bonds. The Morgan fingerprint density at radius 2 is 2.38 bits per heavy atom. The summed E-state index contributed by atoms with van der Waals surface area (Å²) in [5.74, 6) is 0. The van der Waals surface area contributed by atoms with E-state index in [0.29, 0.717) is 16.6 Å². The molecule has 0 aliphatic carbocycles. The van der Waals surface area contributed by atoms with E-state index in [9.17, 15) is 0 Å². The van der Waals surface area contributed by atoms with Gasteiger partial charge in [-0.2, -0.15) is 5.26 Å². The number of nitrogens with two attached hydrogens (primary N) is 1. The van der Waals surface area contributed by atoms with Crippen LogP contribution in [0.3, 0.4) is 0 Å². The van der Waals surface area contributed by atoms with Crippen LogP contribution < -0.4 is 5.73 Å². The quantitative estimate of drug-likeness (QED) is 0.856. The van der Waals surface area contributed by atoms with Crippen LogP contribution in [0.25, 0.3) is 0 Å². The van der Waals surface area contributed by atoms with Crippen LogP contribution in [0, 0.1) is 11.3 Å². The number of nitrogen functional groups attached to an aromatic ring is 1. The highest BCUT2D eigenvalue weighted by Crippen LogP contribution is 2.36. The second kappa shape index (κ2) is 4.44. The number of fused-ring (bicyclic) bond motifs is 1. The van der Waals surface area contributed by atoms with Crippen LogP contribution >= 0.6 is 11.3 Å². The van der Waals surface area contributed by atoms with Gasteiger partial charge in [0, 0.05) is 23.0 Å². The molecule has 0 saturated carbocycles. The van der Waals surface area contributed by atoms with Gasteiger partial charge in [-0.1, -0.05) is 13.3 Å². The van der Waals surface area contributed by atoms with Crippen molar-refractivity contribution in [1.29, 1.82) is 5.26 Å². The van der Waals surface area contributed by atoms with E-state index in [1.165, 1.54) is 23.3 Å². The van der Waals surface area contributed by atoms with E-state index in [0.717, 1.165) is 13.0 Å². The summed E-state index contributed by atoms with van der Waals surface area (Å²) in [6.45, 7) is 3.09. The van der Waals surface area contributed by atoms with E-state index in [1.807, 2.05) is 0 Å². The van der Waals surface area contributed by atoms with Gasteiger partial charge in [0.15, 0.2) is 0 Å². The lowest BCUT2D eigenvalue weighted by atomic mass is 9.97. The van der Waals surface area contributed by atoms with E-state index >= 15 is 0 Å². The van der Waals surface area contributed by atoms with Crippen molar-refractivity contribution < 1.29 is 0 Å². The molecule has 16 heavy (non-hydrogen) atoms. The Morgan fingerprint density at radius 3 is 3.00 bits per heavy atom. The minimum Gasteiger partial charge on any atom is -0.389 e. The molecule has 0 unspecified atom stereocenters. The lowest BCUT2D eigenvalue weighted by molar-refractivity contribution is 0.205. The van der Waals surface area contributed by atoms with E-state index < -0.39 is 0 Å². The Balaban J connectivity index is 2.32. The van der Waals surface area contributed by atoms with Gasteiger partial charge in [0.05, 0.1) is 5.56 Å². The average molecular weight is 235 g/mol. The van der Waals surface area contributed by atoms with Crippen LogP contribution in [0.2, 0.25) is 0 Å². The first kappa shape index (κ1) is 11.4. The minimum absolute atomic E-state index is 0.613. The fraction of sp³-hybridized carbons (Fsp3) is 0.583. The molecule has 0 fully saturated rings. The third-order valence-corrected chi connectivity index (χ3v) is 4.39. The van der Waals surface area contributed by atoms with Gasteiger partial charge in [-0.05, 0) is 19.9 Å². The Morgan fingerprint density at radius 1 is 1.62 bits per heavy atom. The molecule has 0 spiro atoms. The summed E-state index contributed by atoms with van der Waals surface area (Å²) in [7, 11) is 2.14. The molecule has 0 saturated heterocycles. The molecule has 1 aromatic rings. The summed E-state index contributed by atoms with van der Waals surface area (Å²) >= 11 is 1.60. The third-order valence-electron chi connectivity index (χ3n) is 3.30. The lowest BCUT2D eigenvalue weighted by Gasteiger charge is -2.32. The average Bonchev–Trinajstić information content (AvgIpc) is 2.54. The number of anilines is 1. The van der Waals surface area contributed by atoms with Crippen molar-refractivity contribution in [2.75, 3.05) is 12.8 Å². The molecule has 1 aromatic heterocycles. The summed E-state index contributed by atoms with van der Waals surface area (Å²) in [4.78, 5) is 3.67. The second-order valence-corrected chi connectivity index (χ2v) is 5.55. The highest BCUT2D eigenvalue weighted by Gasteiger charge is 2.27. The molecule has 2 rings (SSSR count). The van der Waals surface area contributed by atoms with Crippen molar-refractivity contribution in [2.24, 2.45) is 0 Å². The van der Waals surface area contributed by atoms with Gasteiger partial charge in [0.25, 0.3) is 0 Å². The van der Waals surface area contributed by atoms with Crippen molar-refractivity contribution in [3.05, 3.63) is 16.0 Å². The van der Waals surface area contributed by atoms with Crippen LogP contribution in [-0.4, -0.2) is 18.0 Å². The summed E-state index contributed by atoms with van der Waals surface area (Å²) in [5, 5.41) is 9.77. The largest absolute Gasteiger partial charge is 0.389 e. The summed E-state index contributed by atoms with van der Waals surface area (Å²) < 4.78 is 0. The maximum Gasteiger partial charge on any atom is 0.104 e. The molecule has 1 aliphatic heterocycles. The van der Waals surface area contributed by atoms with Crippen LogP contribution in [0.1, 0.15) is 35.8 Å². The van der Waals surface area contributed by atoms with Crippen molar-refractivity contribution in [3.8, 4) is 6.07 Å². The number of nitrogens with zero attached hydrogens (tertiary/aromatic N) is 2. The third kappa shape index (κ3) is 1.81. The second-order valence-electron chi connectivity index (χ2n) is 4.42. The van der Waals surface area contributed by atoms with Gasteiger partial charge >= 0.3 is 0 Å². The fourth-order valence-electron chi connectivity index (χ4n) is 2.39. The van der Waals surface area contributed by atoms with Crippen molar-refractivity contribution >= 4 is 16.3 Å². The predicted octanol–water partition coefficient (Wildman–Crippen LogP) is 2.36. The van der Waals surface area contributed by atoms with E-state index in [2.05, 4.69) is 24.9 Å². The minimum atomic E-state index is 0.613. The number of rotatable bonds is 2. The molecule has 0 aromatic carbocycles. The SMILES string of the molecule is CCC[C@@H]1Cc2sc(N)c(C#N)c2CN1C. The molecule has 0 radical (unpaired) electrons. The molecule has 86 valence electrons. The first-order valence-electron chi connectivity index (χ1n) is 5.67. The van der Waals surface area contributed by atoms with Crippen LogP contribution in [-0.2, 0) is 13.0 Å². The van der Waals surface area contributed by atoms with Crippen molar-refractivity contribution in [2.45, 2.75) is 38.8 Å². The molecule has 2 N–H and O–H groups in total. The van der Waals surface area contributed by atoms with Gasteiger partial charge in [0.1, 0.15) is 11.1 Å². The van der Waals surface area contributed by atoms with Crippen molar-refractivity contribution in [1.82, 2.24) is 4.90 Å². The Labute approximate surface area is 100 Å². The predicted molar refractivity (Wildman–Crippen MR) is 67.3 cm³/mol. The smallest absolute Gasteiger partial charge is 0.104 e. The Kier molecular flexibility index (Phi) is 3.17. The van der Waals surface area contributed by atoms with Crippen molar-refractivity contribution in [3.63, 3.8) is 0 Å². The van der Waals surface area contributed by atoms with Gasteiger partial charge in [-0.25, -0.2) is 0 Å². The summed E-state index contributed by atoms with van der Waals surface area (Å²) in [6, 6.07) is 2.84. The summed E-state index contributed by atoms with van der Waals surface area (Å²) in [6.07, 6.45) is 3.47. The van der Waals surface area contributed by atoms with E-state index in [1.54, 1.807) is 11.3 Å². The van der Waals surface area contributed by atoms with Gasteiger partial charge < -0.3 is 5.73 Å². The van der Waals surface area contributed by atoms with Gasteiger partial charge in [0.2, 0.25) is 0 Å². The Hall–Kier alpha value is -1.05. The van der Waals surface area contributed by atoms with E-state index in [4.69, 9.17) is 11.0 Å². The number of hydrogen-bond acceptors (Lipinski definition) is 4. The van der Waals surface area contributed by atoms with Crippen LogP contribution in [0.5, 0.6) is 0 Å². The molecule has 1 atom stereocenters. The molecular formula is C12H17N3S. The summed E-state index contributed by atoms with van der Waals surface area (Å²) in [5.41, 5.74) is 7.75. The molecule has 2 heterocycles. The topological polar surface area (TPSA) is 53.1 Å². The first-order chi connectivity index (χ1) is 7.67. The fourth-order valence-corrected chi connectivity index (χ4v) is 3.49. The van der Waals surface area contributed by atoms with Crippen LogP contribution in [0.15, 0.2) is 0 Å². The number of nitriles is 1.